The number of aromatic nitrogens is 2. The third-order valence-electron chi connectivity index (χ3n) is 1.77. The van der Waals surface area contributed by atoms with Crippen molar-refractivity contribution in [1.29, 1.82) is 0 Å². The third-order valence-corrected chi connectivity index (χ3v) is 1.77. The summed E-state index contributed by atoms with van der Waals surface area (Å²) < 4.78 is 0. The van der Waals surface area contributed by atoms with E-state index in [9.17, 15) is 9.59 Å². The number of rotatable bonds is 6. The Morgan fingerprint density at radius 2 is 2.27 bits per heavy atom. The molecule has 4 N–H and O–H groups in total. The number of imidazole rings is 1. The Balaban J connectivity index is 2.45. The highest BCUT2D eigenvalue weighted by Gasteiger charge is 2.20. The van der Waals surface area contributed by atoms with E-state index in [0.29, 0.717) is 5.69 Å². The van der Waals surface area contributed by atoms with Crippen molar-refractivity contribution in [3.05, 3.63) is 18.2 Å². The van der Waals surface area contributed by atoms with E-state index in [1.807, 2.05) is 0 Å². The molecule has 0 aromatic carbocycles. The number of nitrogens with one attached hydrogen (secondary N) is 2. The van der Waals surface area contributed by atoms with Gasteiger partial charge in [-0.15, -0.1) is 0 Å². The van der Waals surface area contributed by atoms with Crippen LogP contribution in [0, 0.1) is 0 Å². The summed E-state index contributed by atoms with van der Waals surface area (Å²) in [5.74, 6) is -2.34. The van der Waals surface area contributed by atoms with Crippen molar-refractivity contribution >= 4 is 11.9 Å². The maximum atomic E-state index is 10.6. The Labute approximate surface area is 85.1 Å². The SMILES string of the molecule is O=C(O)C[C@H](NCc1cnc[nH]1)C(=O)O. The van der Waals surface area contributed by atoms with Gasteiger partial charge in [-0.2, -0.15) is 0 Å². The van der Waals surface area contributed by atoms with Gasteiger partial charge in [-0.05, 0) is 0 Å². The number of nitrogens with zero attached hydrogens (tertiary/aromatic N) is 1. The van der Waals surface area contributed by atoms with Crippen molar-refractivity contribution in [2.45, 2.75) is 19.0 Å². The van der Waals surface area contributed by atoms with Gasteiger partial charge in [0.1, 0.15) is 6.04 Å². The lowest BCUT2D eigenvalue weighted by atomic mass is 10.2. The molecule has 0 saturated heterocycles. The standard InChI is InChI=1S/C8H11N3O4/c12-7(13)1-6(8(14)15)10-3-5-2-9-4-11-5/h2,4,6,10H,1,3H2,(H,9,11)(H,12,13)(H,14,15)/t6-/m0/s1. The molecule has 0 amide bonds. The molecule has 7 heteroatoms. The molecule has 0 radical (unpaired) electrons. The van der Waals surface area contributed by atoms with E-state index in [4.69, 9.17) is 10.2 Å². The fraction of sp³-hybridized carbons (Fsp3) is 0.375. The van der Waals surface area contributed by atoms with Crippen LogP contribution in [0.2, 0.25) is 0 Å². The smallest absolute Gasteiger partial charge is 0.321 e. The number of hydrogen-bond acceptors (Lipinski definition) is 4. The van der Waals surface area contributed by atoms with Gasteiger partial charge in [0.05, 0.1) is 12.7 Å². The number of carboxylic acids is 2. The lowest BCUT2D eigenvalue weighted by Crippen LogP contribution is -2.38. The zero-order valence-corrected chi connectivity index (χ0v) is 7.80. The molecular weight excluding hydrogens is 202 g/mol. The van der Waals surface area contributed by atoms with Gasteiger partial charge < -0.3 is 15.2 Å². The first-order chi connectivity index (χ1) is 7.09. The van der Waals surface area contributed by atoms with Crippen molar-refractivity contribution in [1.82, 2.24) is 15.3 Å². The minimum atomic E-state index is -1.18. The molecule has 1 heterocycles. The van der Waals surface area contributed by atoms with Crippen LogP contribution in [0.5, 0.6) is 0 Å². The summed E-state index contributed by atoms with van der Waals surface area (Å²) >= 11 is 0. The number of carboxylic acid groups (broad SMARTS) is 2. The van der Waals surface area contributed by atoms with Gasteiger partial charge in [0.25, 0.3) is 0 Å². The molecule has 1 atom stereocenters. The largest absolute Gasteiger partial charge is 0.481 e. The summed E-state index contributed by atoms with van der Waals surface area (Å²) in [6, 6.07) is -1.09. The molecule has 0 saturated carbocycles. The molecule has 0 fully saturated rings. The van der Waals surface area contributed by atoms with Crippen molar-refractivity contribution in [2.24, 2.45) is 0 Å². The van der Waals surface area contributed by atoms with Crippen LogP contribution in [0.15, 0.2) is 12.5 Å². The van der Waals surface area contributed by atoms with Crippen molar-refractivity contribution in [2.75, 3.05) is 0 Å². The fourth-order valence-electron chi connectivity index (χ4n) is 1.04. The second-order valence-electron chi connectivity index (χ2n) is 2.95. The Kier molecular flexibility index (Phi) is 3.81. The Morgan fingerprint density at radius 1 is 1.53 bits per heavy atom. The minimum absolute atomic E-state index is 0.240. The molecule has 1 rings (SSSR count). The first-order valence-corrected chi connectivity index (χ1v) is 4.25. The summed E-state index contributed by atoms with van der Waals surface area (Å²) in [6.07, 6.45) is 2.54. The molecular formula is C8H11N3O4. The summed E-state index contributed by atoms with van der Waals surface area (Å²) in [7, 11) is 0. The predicted octanol–water partition coefficient (Wildman–Crippen LogP) is -0.573. The maximum absolute atomic E-state index is 10.6. The van der Waals surface area contributed by atoms with Crippen molar-refractivity contribution < 1.29 is 19.8 Å². The van der Waals surface area contributed by atoms with E-state index in [-0.39, 0.29) is 6.54 Å². The summed E-state index contributed by atoms with van der Waals surface area (Å²) in [5, 5.41) is 19.8. The highest BCUT2D eigenvalue weighted by molar-refractivity contribution is 5.80. The Morgan fingerprint density at radius 3 is 2.73 bits per heavy atom. The lowest BCUT2D eigenvalue weighted by molar-refractivity contribution is -0.146. The van der Waals surface area contributed by atoms with E-state index in [1.165, 1.54) is 12.5 Å². The second-order valence-corrected chi connectivity index (χ2v) is 2.95. The first-order valence-electron chi connectivity index (χ1n) is 4.25. The molecule has 0 aliphatic rings. The van der Waals surface area contributed by atoms with Gasteiger partial charge in [0.2, 0.25) is 0 Å². The molecule has 7 nitrogen and oxygen atoms in total. The van der Waals surface area contributed by atoms with Gasteiger partial charge in [0.15, 0.2) is 0 Å². The third kappa shape index (κ3) is 3.77. The van der Waals surface area contributed by atoms with Gasteiger partial charge in [-0.25, -0.2) is 4.98 Å². The van der Waals surface area contributed by atoms with Crippen LogP contribution in [-0.2, 0) is 16.1 Å². The summed E-state index contributed by atoms with van der Waals surface area (Å²) in [6.45, 7) is 0.240. The number of aromatic amines is 1. The molecule has 82 valence electrons. The van der Waals surface area contributed by atoms with Gasteiger partial charge >= 0.3 is 11.9 Å². The van der Waals surface area contributed by atoms with Crippen LogP contribution in [0.25, 0.3) is 0 Å². The predicted molar refractivity (Wildman–Crippen MR) is 49.1 cm³/mol. The monoisotopic (exact) mass is 213 g/mol. The van der Waals surface area contributed by atoms with E-state index < -0.39 is 24.4 Å². The quantitative estimate of drug-likeness (QED) is 0.503. The summed E-state index contributed by atoms with van der Waals surface area (Å²) in [4.78, 5) is 27.5. The molecule has 15 heavy (non-hydrogen) atoms. The topological polar surface area (TPSA) is 115 Å². The van der Waals surface area contributed by atoms with Crippen LogP contribution in [0.3, 0.4) is 0 Å². The van der Waals surface area contributed by atoms with E-state index in [2.05, 4.69) is 15.3 Å². The Bertz CT molecular complexity index is 336. The molecule has 1 aromatic rings. The van der Waals surface area contributed by atoms with E-state index in [1.54, 1.807) is 0 Å². The van der Waals surface area contributed by atoms with Gasteiger partial charge in [-0.1, -0.05) is 0 Å². The first kappa shape index (κ1) is 11.2. The van der Waals surface area contributed by atoms with Crippen molar-refractivity contribution in [3.8, 4) is 0 Å². The number of carbonyl (C=O) groups is 2. The zero-order chi connectivity index (χ0) is 11.3. The van der Waals surface area contributed by atoms with Crippen LogP contribution < -0.4 is 5.32 Å². The van der Waals surface area contributed by atoms with Crippen molar-refractivity contribution in [3.63, 3.8) is 0 Å². The molecule has 1 aromatic heterocycles. The number of hydrogen-bond donors (Lipinski definition) is 4. The highest BCUT2D eigenvalue weighted by atomic mass is 16.4. The number of aliphatic carboxylic acids is 2. The average molecular weight is 213 g/mol. The maximum Gasteiger partial charge on any atom is 0.321 e. The fourth-order valence-corrected chi connectivity index (χ4v) is 1.04. The van der Waals surface area contributed by atoms with Crippen LogP contribution in [0.1, 0.15) is 12.1 Å². The lowest BCUT2D eigenvalue weighted by Gasteiger charge is -2.10. The number of H-pyrrole nitrogens is 1. The molecule has 0 spiro atoms. The highest BCUT2D eigenvalue weighted by Crippen LogP contribution is 1.96. The average Bonchev–Trinajstić information content (AvgIpc) is 2.63. The van der Waals surface area contributed by atoms with Crippen LogP contribution in [-0.4, -0.2) is 38.2 Å². The van der Waals surface area contributed by atoms with Gasteiger partial charge in [0, 0.05) is 18.4 Å². The summed E-state index contributed by atoms with van der Waals surface area (Å²) in [5.41, 5.74) is 0.701. The molecule has 0 aliphatic heterocycles. The van der Waals surface area contributed by atoms with Crippen LogP contribution in [0.4, 0.5) is 0 Å². The normalized spacial score (nSPS) is 12.3. The second kappa shape index (κ2) is 5.11. The van der Waals surface area contributed by atoms with E-state index in [0.717, 1.165) is 0 Å². The molecule has 0 unspecified atom stereocenters. The zero-order valence-electron chi connectivity index (χ0n) is 7.80. The van der Waals surface area contributed by atoms with E-state index >= 15 is 0 Å². The molecule has 0 aliphatic carbocycles. The Hall–Kier alpha value is -1.89. The molecule has 0 bridgehead atoms. The van der Waals surface area contributed by atoms with Gasteiger partial charge in [-0.3, -0.25) is 14.9 Å². The minimum Gasteiger partial charge on any atom is -0.481 e. The van der Waals surface area contributed by atoms with Crippen LogP contribution >= 0.6 is 0 Å².